The van der Waals surface area contributed by atoms with Gasteiger partial charge in [-0.3, -0.25) is 14.6 Å². The predicted molar refractivity (Wildman–Crippen MR) is 117 cm³/mol. The smallest absolute Gasteiger partial charge is 0.237 e. The lowest BCUT2D eigenvalue weighted by Crippen LogP contribution is -2.50. The van der Waals surface area contributed by atoms with E-state index in [1.807, 2.05) is 48.2 Å². The fourth-order valence-electron chi connectivity index (χ4n) is 3.82. The van der Waals surface area contributed by atoms with Gasteiger partial charge in [-0.2, -0.15) is 0 Å². The molecule has 0 bridgehead atoms. The van der Waals surface area contributed by atoms with Crippen LogP contribution in [0.2, 0.25) is 5.02 Å². The molecule has 6 nitrogen and oxygen atoms in total. The average Bonchev–Trinajstić information content (AvgIpc) is 3.50. The van der Waals surface area contributed by atoms with Crippen LogP contribution in [0.5, 0.6) is 5.75 Å². The lowest BCUT2D eigenvalue weighted by Gasteiger charge is -2.35. The highest BCUT2D eigenvalue weighted by molar-refractivity contribution is 6.30. The summed E-state index contributed by atoms with van der Waals surface area (Å²) in [4.78, 5) is 19.6. The number of hydrogen-bond acceptors (Lipinski definition) is 5. The number of aryl methyl sites for hydroxylation is 1. The molecule has 1 saturated carbocycles. The number of hydrogen-bond donors (Lipinski definition) is 0. The van der Waals surface area contributed by atoms with Crippen LogP contribution in [0.15, 0.2) is 40.8 Å². The van der Waals surface area contributed by atoms with Crippen molar-refractivity contribution in [1.29, 1.82) is 0 Å². The van der Waals surface area contributed by atoms with Crippen LogP contribution in [0.25, 0.3) is 0 Å². The zero-order valence-corrected chi connectivity index (χ0v) is 18.3. The second-order valence-corrected chi connectivity index (χ2v) is 8.62. The van der Waals surface area contributed by atoms with Gasteiger partial charge in [-0.15, -0.1) is 0 Å². The van der Waals surface area contributed by atoms with E-state index < -0.39 is 0 Å². The number of benzene rings is 1. The van der Waals surface area contributed by atoms with Gasteiger partial charge in [0, 0.05) is 43.8 Å². The molecule has 1 aromatic carbocycles. The fourth-order valence-corrected chi connectivity index (χ4v) is 3.95. The fraction of sp³-hybridized carbons (Fsp3) is 0.522. The Kier molecular flexibility index (Phi) is 6.97. The summed E-state index contributed by atoms with van der Waals surface area (Å²) in [7, 11) is 0. The highest BCUT2D eigenvalue weighted by Crippen LogP contribution is 2.29. The molecule has 162 valence electrons. The summed E-state index contributed by atoms with van der Waals surface area (Å²) in [6.07, 6.45) is 2.21. The number of ether oxygens (including phenoxy) is 1. The first-order valence-corrected chi connectivity index (χ1v) is 11.1. The minimum absolute atomic E-state index is 0.214. The van der Waals surface area contributed by atoms with Crippen molar-refractivity contribution in [2.45, 2.75) is 32.4 Å². The summed E-state index contributed by atoms with van der Waals surface area (Å²) in [5.74, 6) is 2.82. The Labute approximate surface area is 183 Å². The monoisotopic (exact) mass is 431 g/mol. The van der Waals surface area contributed by atoms with E-state index in [-0.39, 0.29) is 5.91 Å². The molecular weight excluding hydrogens is 402 g/mol. The van der Waals surface area contributed by atoms with Crippen molar-refractivity contribution in [3.05, 3.63) is 52.9 Å². The van der Waals surface area contributed by atoms with Crippen molar-refractivity contribution < 1.29 is 13.9 Å². The maximum absolute atomic E-state index is 12.9. The molecular formula is C23H30ClN3O3. The molecule has 0 spiro atoms. The van der Waals surface area contributed by atoms with Gasteiger partial charge in [0.2, 0.25) is 5.91 Å². The van der Waals surface area contributed by atoms with Crippen LogP contribution in [-0.4, -0.2) is 72.5 Å². The quantitative estimate of drug-likeness (QED) is 0.608. The normalized spacial score (nSPS) is 17.8. The summed E-state index contributed by atoms with van der Waals surface area (Å²) in [6.45, 7) is 8.28. The van der Waals surface area contributed by atoms with E-state index in [1.165, 1.54) is 0 Å². The van der Waals surface area contributed by atoms with Crippen molar-refractivity contribution in [3.63, 3.8) is 0 Å². The Morgan fingerprint density at radius 1 is 1.10 bits per heavy atom. The van der Waals surface area contributed by atoms with Crippen LogP contribution < -0.4 is 4.74 Å². The molecule has 1 aromatic heterocycles. The molecule has 0 N–H and O–H groups in total. The first kappa shape index (κ1) is 21.2. The molecule has 1 aliphatic carbocycles. The molecule has 1 saturated heterocycles. The van der Waals surface area contributed by atoms with Crippen LogP contribution in [0.3, 0.4) is 0 Å². The zero-order chi connectivity index (χ0) is 20.9. The van der Waals surface area contributed by atoms with Crippen LogP contribution in [-0.2, 0) is 11.3 Å². The molecule has 0 unspecified atom stereocenters. The number of amides is 1. The number of nitrogens with zero attached hydrogens (tertiary/aromatic N) is 3. The lowest BCUT2D eigenvalue weighted by atomic mass is 10.3. The minimum Gasteiger partial charge on any atom is -0.492 e. The van der Waals surface area contributed by atoms with Crippen molar-refractivity contribution >= 4 is 17.5 Å². The summed E-state index contributed by atoms with van der Waals surface area (Å²) in [5, 5.41) is 0.715. The number of halogens is 1. The molecule has 1 amide bonds. The molecule has 0 atom stereocenters. The maximum atomic E-state index is 12.9. The van der Waals surface area contributed by atoms with Crippen molar-refractivity contribution in [3.8, 4) is 5.75 Å². The topological polar surface area (TPSA) is 49.2 Å². The van der Waals surface area contributed by atoms with Crippen molar-refractivity contribution in [1.82, 2.24) is 14.7 Å². The Hall–Kier alpha value is -2.02. The number of rotatable bonds is 9. The summed E-state index contributed by atoms with van der Waals surface area (Å²) >= 11 is 5.90. The molecule has 2 aromatic rings. The number of piperazine rings is 1. The third-order valence-electron chi connectivity index (χ3n) is 5.74. The summed E-state index contributed by atoms with van der Waals surface area (Å²) in [5.41, 5.74) is 0. The number of carbonyl (C=O) groups is 1. The van der Waals surface area contributed by atoms with Gasteiger partial charge in [0.25, 0.3) is 0 Å². The standard InChI is InChI=1S/C23H30ClN3O3/c1-18-2-7-22(30-18)16-27(20-5-6-20)23(28)17-26-12-10-25(11-13-26)14-15-29-21-8-3-19(24)4-9-21/h2-4,7-9,20H,5-6,10-17H2,1H3. The minimum atomic E-state index is 0.214. The van der Waals surface area contributed by atoms with Gasteiger partial charge in [0.05, 0.1) is 13.1 Å². The highest BCUT2D eigenvalue weighted by atomic mass is 35.5. The molecule has 4 rings (SSSR count). The van der Waals surface area contributed by atoms with Crippen molar-refractivity contribution in [2.24, 2.45) is 0 Å². The Bertz CT molecular complexity index is 826. The molecule has 0 radical (unpaired) electrons. The van der Waals surface area contributed by atoms with Crippen LogP contribution in [0, 0.1) is 6.92 Å². The Balaban J connectivity index is 1.18. The second-order valence-electron chi connectivity index (χ2n) is 8.19. The van der Waals surface area contributed by atoms with E-state index in [1.54, 1.807) is 0 Å². The SMILES string of the molecule is Cc1ccc(CN(C(=O)CN2CCN(CCOc3ccc(Cl)cc3)CC2)C2CC2)o1. The molecule has 2 aliphatic rings. The van der Waals surface area contributed by atoms with Gasteiger partial charge in [-0.1, -0.05) is 11.6 Å². The average molecular weight is 432 g/mol. The largest absolute Gasteiger partial charge is 0.492 e. The summed E-state index contributed by atoms with van der Waals surface area (Å²) < 4.78 is 11.5. The van der Waals surface area contributed by atoms with Gasteiger partial charge in [-0.25, -0.2) is 0 Å². The van der Waals surface area contributed by atoms with E-state index in [4.69, 9.17) is 20.8 Å². The highest BCUT2D eigenvalue weighted by Gasteiger charge is 2.34. The van der Waals surface area contributed by atoms with Crippen LogP contribution in [0.1, 0.15) is 24.4 Å². The molecule has 1 aliphatic heterocycles. The molecule has 7 heteroatoms. The van der Waals surface area contributed by atoms with Gasteiger partial charge in [0.1, 0.15) is 23.9 Å². The van der Waals surface area contributed by atoms with Crippen molar-refractivity contribution in [2.75, 3.05) is 45.9 Å². The van der Waals surface area contributed by atoms with Crippen LogP contribution in [0.4, 0.5) is 0 Å². The third kappa shape index (κ3) is 6.00. The first-order chi connectivity index (χ1) is 14.6. The predicted octanol–water partition coefficient (Wildman–Crippen LogP) is 3.43. The maximum Gasteiger partial charge on any atom is 0.237 e. The van der Waals surface area contributed by atoms with Gasteiger partial charge < -0.3 is 14.1 Å². The van der Waals surface area contributed by atoms with E-state index in [9.17, 15) is 4.79 Å². The van der Waals surface area contributed by atoms with E-state index in [2.05, 4.69) is 9.80 Å². The third-order valence-corrected chi connectivity index (χ3v) is 6.00. The van der Waals surface area contributed by atoms with Crippen LogP contribution >= 0.6 is 11.6 Å². The van der Waals surface area contributed by atoms with E-state index in [0.717, 1.165) is 62.8 Å². The first-order valence-electron chi connectivity index (χ1n) is 10.7. The Morgan fingerprint density at radius 2 is 1.80 bits per heavy atom. The molecule has 2 heterocycles. The van der Waals surface area contributed by atoms with Gasteiger partial charge in [0.15, 0.2) is 0 Å². The number of carbonyl (C=O) groups excluding carboxylic acids is 1. The van der Waals surface area contributed by atoms with Gasteiger partial charge in [-0.05, 0) is 56.2 Å². The van der Waals surface area contributed by atoms with E-state index >= 15 is 0 Å². The molecule has 30 heavy (non-hydrogen) atoms. The second kappa shape index (κ2) is 9.86. The molecule has 2 fully saturated rings. The lowest BCUT2D eigenvalue weighted by molar-refractivity contribution is -0.134. The summed E-state index contributed by atoms with van der Waals surface area (Å²) in [6, 6.07) is 11.8. The number of furan rings is 1. The van der Waals surface area contributed by atoms with E-state index in [0.29, 0.717) is 30.8 Å². The Morgan fingerprint density at radius 3 is 2.43 bits per heavy atom. The zero-order valence-electron chi connectivity index (χ0n) is 17.6. The van der Waals surface area contributed by atoms with Gasteiger partial charge >= 0.3 is 0 Å².